The fraction of sp³-hybridized carbons (Fsp3) is 0.600. The molecule has 1 aromatic carbocycles. The molecule has 0 spiro atoms. The lowest BCUT2D eigenvalue weighted by Crippen LogP contribution is -2.17. The molecule has 1 saturated carbocycles. The second-order valence-corrected chi connectivity index (χ2v) is 6.65. The standard InChI is InChI=1S/C15H21I/c1-11(2)12-3-5-13(6-4-12)14-7-9-15(16)10-8-14/h7-13H,3-6H2,1-2H3. The molecule has 0 amide bonds. The maximum Gasteiger partial charge on any atom is 0.0130 e. The van der Waals surface area contributed by atoms with Crippen molar-refractivity contribution in [3.63, 3.8) is 0 Å². The summed E-state index contributed by atoms with van der Waals surface area (Å²) in [4.78, 5) is 0. The second-order valence-electron chi connectivity index (χ2n) is 5.41. The van der Waals surface area contributed by atoms with Crippen LogP contribution in [0, 0.1) is 15.4 Å². The molecule has 1 aliphatic rings. The molecule has 0 nitrogen and oxygen atoms in total. The van der Waals surface area contributed by atoms with Crippen LogP contribution in [-0.4, -0.2) is 0 Å². The van der Waals surface area contributed by atoms with Gasteiger partial charge in [-0.2, -0.15) is 0 Å². The van der Waals surface area contributed by atoms with E-state index < -0.39 is 0 Å². The number of halogens is 1. The maximum absolute atomic E-state index is 2.38. The Morgan fingerprint density at radius 2 is 1.56 bits per heavy atom. The first-order chi connectivity index (χ1) is 7.66. The molecule has 0 unspecified atom stereocenters. The van der Waals surface area contributed by atoms with Gasteiger partial charge in [-0.15, -0.1) is 0 Å². The molecule has 1 heteroatoms. The van der Waals surface area contributed by atoms with Crippen LogP contribution >= 0.6 is 22.6 Å². The Morgan fingerprint density at radius 3 is 2.06 bits per heavy atom. The predicted octanol–water partition coefficient (Wildman–Crippen LogP) is 5.22. The minimum Gasteiger partial charge on any atom is -0.0625 e. The zero-order valence-corrected chi connectivity index (χ0v) is 12.4. The monoisotopic (exact) mass is 328 g/mol. The van der Waals surface area contributed by atoms with Gasteiger partial charge in [0.1, 0.15) is 0 Å². The van der Waals surface area contributed by atoms with E-state index in [0.717, 1.165) is 17.8 Å². The predicted molar refractivity (Wildman–Crippen MR) is 78.7 cm³/mol. The molecule has 0 heterocycles. The highest BCUT2D eigenvalue weighted by atomic mass is 127. The summed E-state index contributed by atoms with van der Waals surface area (Å²) in [5.74, 6) is 2.67. The Hall–Kier alpha value is -0.0500. The lowest BCUT2D eigenvalue weighted by atomic mass is 9.75. The van der Waals surface area contributed by atoms with Crippen molar-refractivity contribution in [2.75, 3.05) is 0 Å². The molecule has 0 saturated heterocycles. The number of hydrogen-bond donors (Lipinski definition) is 0. The Morgan fingerprint density at radius 1 is 1.00 bits per heavy atom. The van der Waals surface area contributed by atoms with E-state index in [1.807, 2.05) is 0 Å². The van der Waals surface area contributed by atoms with Crippen LogP contribution in [0.2, 0.25) is 0 Å². The number of rotatable bonds is 2. The van der Waals surface area contributed by atoms with Gasteiger partial charge in [0.2, 0.25) is 0 Å². The first-order valence-corrected chi connectivity index (χ1v) is 7.50. The van der Waals surface area contributed by atoms with E-state index in [0.29, 0.717) is 0 Å². The molecule has 0 bridgehead atoms. The molecule has 1 aliphatic carbocycles. The lowest BCUT2D eigenvalue weighted by Gasteiger charge is -2.31. The summed E-state index contributed by atoms with van der Waals surface area (Å²) in [7, 11) is 0. The molecular formula is C15H21I. The Kier molecular flexibility index (Phi) is 4.28. The third-order valence-corrected chi connectivity index (χ3v) is 4.78. The van der Waals surface area contributed by atoms with Crippen LogP contribution in [0.1, 0.15) is 51.0 Å². The summed E-state index contributed by atoms with van der Waals surface area (Å²) >= 11 is 2.38. The van der Waals surface area contributed by atoms with E-state index in [9.17, 15) is 0 Å². The van der Waals surface area contributed by atoms with E-state index >= 15 is 0 Å². The van der Waals surface area contributed by atoms with Crippen LogP contribution in [0.5, 0.6) is 0 Å². The fourth-order valence-corrected chi connectivity index (χ4v) is 3.21. The van der Waals surface area contributed by atoms with E-state index in [2.05, 4.69) is 60.7 Å². The van der Waals surface area contributed by atoms with Crippen molar-refractivity contribution in [3.05, 3.63) is 33.4 Å². The first kappa shape index (κ1) is 12.4. The Bertz CT molecular complexity index is 318. The van der Waals surface area contributed by atoms with Gasteiger partial charge in [0.15, 0.2) is 0 Å². The fourth-order valence-electron chi connectivity index (χ4n) is 2.85. The third-order valence-electron chi connectivity index (χ3n) is 4.06. The van der Waals surface area contributed by atoms with Crippen molar-refractivity contribution < 1.29 is 0 Å². The van der Waals surface area contributed by atoms with Gasteiger partial charge in [0.05, 0.1) is 0 Å². The van der Waals surface area contributed by atoms with Crippen molar-refractivity contribution in [2.24, 2.45) is 11.8 Å². The Labute approximate surface area is 113 Å². The molecular weight excluding hydrogens is 307 g/mol. The van der Waals surface area contributed by atoms with Crippen LogP contribution in [0.15, 0.2) is 24.3 Å². The number of benzene rings is 1. The molecule has 0 aromatic heterocycles. The summed E-state index contributed by atoms with van der Waals surface area (Å²) in [6.45, 7) is 4.74. The highest BCUT2D eigenvalue weighted by molar-refractivity contribution is 14.1. The van der Waals surface area contributed by atoms with Gasteiger partial charge in [0, 0.05) is 3.57 Å². The molecule has 0 aliphatic heterocycles. The molecule has 16 heavy (non-hydrogen) atoms. The van der Waals surface area contributed by atoms with Crippen LogP contribution < -0.4 is 0 Å². The van der Waals surface area contributed by atoms with Gasteiger partial charge < -0.3 is 0 Å². The SMILES string of the molecule is CC(C)C1CCC(c2ccc(I)cc2)CC1. The Balaban J connectivity index is 1.96. The average molecular weight is 328 g/mol. The highest BCUT2D eigenvalue weighted by Gasteiger charge is 2.23. The minimum atomic E-state index is 0.826. The van der Waals surface area contributed by atoms with Gasteiger partial charge in [-0.1, -0.05) is 26.0 Å². The lowest BCUT2D eigenvalue weighted by molar-refractivity contribution is 0.259. The van der Waals surface area contributed by atoms with E-state index in [1.165, 1.54) is 29.3 Å². The quantitative estimate of drug-likeness (QED) is 0.653. The number of hydrogen-bond acceptors (Lipinski definition) is 0. The summed E-state index contributed by atoms with van der Waals surface area (Å²) < 4.78 is 1.34. The zero-order chi connectivity index (χ0) is 11.5. The smallest absolute Gasteiger partial charge is 0.0130 e. The van der Waals surface area contributed by atoms with Gasteiger partial charge >= 0.3 is 0 Å². The van der Waals surface area contributed by atoms with Crippen molar-refractivity contribution in [1.29, 1.82) is 0 Å². The third kappa shape index (κ3) is 2.99. The highest BCUT2D eigenvalue weighted by Crippen LogP contribution is 2.38. The van der Waals surface area contributed by atoms with Gasteiger partial charge in [-0.3, -0.25) is 0 Å². The second kappa shape index (κ2) is 5.52. The normalized spacial score (nSPS) is 26.0. The zero-order valence-electron chi connectivity index (χ0n) is 10.2. The van der Waals surface area contributed by atoms with Crippen LogP contribution in [0.25, 0.3) is 0 Å². The van der Waals surface area contributed by atoms with Gasteiger partial charge in [0.25, 0.3) is 0 Å². The van der Waals surface area contributed by atoms with Gasteiger partial charge in [-0.25, -0.2) is 0 Å². The van der Waals surface area contributed by atoms with Crippen molar-refractivity contribution >= 4 is 22.6 Å². The average Bonchev–Trinajstić information content (AvgIpc) is 2.30. The summed E-state index contributed by atoms with van der Waals surface area (Å²) in [5.41, 5.74) is 1.56. The molecule has 1 aromatic rings. The van der Waals surface area contributed by atoms with Crippen LogP contribution in [-0.2, 0) is 0 Å². The maximum atomic E-state index is 2.38. The van der Waals surface area contributed by atoms with Crippen LogP contribution in [0.3, 0.4) is 0 Å². The molecule has 0 N–H and O–H groups in total. The molecule has 88 valence electrons. The van der Waals surface area contributed by atoms with E-state index in [1.54, 1.807) is 5.56 Å². The topological polar surface area (TPSA) is 0 Å². The van der Waals surface area contributed by atoms with E-state index in [4.69, 9.17) is 0 Å². The first-order valence-electron chi connectivity index (χ1n) is 6.42. The van der Waals surface area contributed by atoms with Crippen molar-refractivity contribution in [1.82, 2.24) is 0 Å². The summed E-state index contributed by atoms with van der Waals surface area (Å²) in [5, 5.41) is 0. The largest absolute Gasteiger partial charge is 0.0625 e. The van der Waals surface area contributed by atoms with Gasteiger partial charge in [-0.05, 0) is 83.7 Å². The summed E-state index contributed by atoms with van der Waals surface area (Å²) in [6.07, 6.45) is 5.63. The molecule has 1 fully saturated rings. The molecule has 0 atom stereocenters. The van der Waals surface area contributed by atoms with Crippen molar-refractivity contribution in [3.8, 4) is 0 Å². The summed E-state index contributed by atoms with van der Waals surface area (Å²) in [6, 6.07) is 9.12. The minimum absolute atomic E-state index is 0.826. The van der Waals surface area contributed by atoms with Crippen LogP contribution in [0.4, 0.5) is 0 Å². The molecule has 0 radical (unpaired) electrons. The van der Waals surface area contributed by atoms with E-state index in [-0.39, 0.29) is 0 Å². The molecule has 2 rings (SSSR count). The van der Waals surface area contributed by atoms with Crippen molar-refractivity contribution in [2.45, 2.75) is 45.4 Å².